The molecule has 7 heteroatoms. The maximum Gasteiger partial charge on any atom is 0.292 e. The lowest BCUT2D eigenvalue weighted by molar-refractivity contribution is -0.384. The Morgan fingerprint density at radius 3 is 2.46 bits per heavy atom. The van der Waals surface area contributed by atoms with Crippen molar-refractivity contribution >= 4 is 23.0 Å². The smallest absolute Gasteiger partial charge is 0.292 e. The summed E-state index contributed by atoms with van der Waals surface area (Å²) in [5, 5.41) is 13.9. The standard InChI is InChI=1S/C17H19N3O4/c1-3-19(15-6-4-5-7-16(15)20(22)23)12-17(21)18-13-8-10-14(24-2)11-9-13/h4-11H,3,12H2,1-2H3,(H,18,21). The first-order chi connectivity index (χ1) is 11.5. The number of benzene rings is 2. The maximum absolute atomic E-state index is 12.2. The zero-order valence-electron chi connectivity index (χ0n) is 13.6. The topological polar surface area (TPSA) is 84.7 Å². The van der Waals surface area contributed by atoms with Crippen molar-refractivity contribution in [1.29, 1.82) is 0 Å². The SMILES string of the molecule is CCN(CC(=O)Nc1ccc(OC)cc1)c1ccccc1[N+](=O)[O-]. The molecule has 0 aliphatic heterocycles. The summed E-state index contributed by atoms with van der Waals surface area (Å²) >= 11 is 0. The molecule has 0 bridgehead atoms. The average Bonchev–Trinajstić information content (AvgIpc) is 2.60. The molecule has 126 valence electrons. The number of nitrogens with one attached hydrogen (secondary N) is 1. The summed E-state index contributed by atoms with van der Waals surface area (Å²) in [5.74, 6) is 0.447. The van der Waals surface area contributed by atoms with E-state index in [2.05, 4.69) is 5.32 Å². The summed E-state index contributed by atoms with van der Waals surface area (Å²) in [6.45, 7) is 2.34. The second kappa shape index (κ2) is 7.96. The summed E-state index contributed by atoms with van der Waals surface area (Å²) in [4.78, 5) is 24.6. The van der Waals surface area contributed by atoms with Crippen LogP contribution in [0.4, 0.5) is 17.1 Å². The summed E-state index contributed by atoms with van der Waals surface area (Å²) in [6, 6.07) is 13.3. The van der Waals surface area contributed by atoms with Gasteiger partial charge in [-0.05, 0) is 37.3 Å². The minimum absolute atomic E-state index is 0.0170. The highest BCUT2D eigenvalue weighted by molar-refractivity contribution is 5.94. The Labute approximate surface area is 140 Å². The molecule has 24 heavy (non-hydrogen) atoms. The Morgan fingerprint density at radius 2 is 1.88 bits per heavy atom. The fraction of sp³-hybridized carbons (Fsp3) is 0.235. The van der Waals surface area contributed by atoms with E-state index in [4.69, 9.17) is 4.74 Å². The van der Waals surface area contributed by atoms with Crippen molar-refractivity contribution in [3.63, 3.8) is 0 Å². The van der Waals surface area contributed by atoms with Gasteiger partial charge in [0.05, 0.1) is 18.6 Å². The number of carbonyl (C=O) groups is 1. The van der Waals surface area contributed by atoms with E-state index in [0.717, 1.165) is 0 Å². The van der Waals surface area contributed by atoms with Crippen molar-refractivity contribution in [2.75, 3.05) is 30.4 Å². The molecule has 0 heterocycles. The van der Waals surface area contributed by atoms with Crippen LogP contribution in [0.15, 0.2) is 48.5 Å². The normalized spacial score (nSPS) is 10.1. The Balaban J connectivity index is 2.09. The van der Waals surface area contributed by atoms with Crippen LogP contribution >= 0.6 is 0 Å². The molecule has 2 aromatic carbocycles. The van der Waals surface area contributed by atoms with Gasteiger partial charge >= 0.3 is 0 Å². The van der Waals surface area contributed by atoms with Crippen molar-refractivity contribution in [3.05, 3.63) is 58.6 Å². The fourth-order valence-corrected chi connectivity index (χ4v) is 2.30. The monoisotopic (exact) mass is 329 g/mol. The van der Waals surface area contributed by atoms with Gasteiger partial charge in [0, 0.05) is 18.3 Å². The van der Waals surface area contributed by atoms with E-state index >= 15 is 0 Å². The van der Waals surface area contributed by atoms with Crippen LogP contribution in [0.1, 0.15) is 6.92 Å². The number of amides is 1. The van der Waals surface area contributed by atoms with E-state index in [1.165, 1.54) is 6.07 Å². The maximum atomic E-state index is 12.2. The number of ether oxygens (including phenoxy) is 1. The first-order valence-corrected chi connectivity index (χ1v) is 7.47. The average molecular weight is 329 g/mol. The molecule has 0 spiro atoms. The molecule has 0 saturated heterocycles. The number of rotatable bonds is 7. The van der Waals surface area contributed by atoms with Gasteiger partial charge in [-0.15, -0.1) is 0 Å². The molecule has 0 aromatic heterocycles. The number of nitrogens with zero attached hydrogens (tertiary/aromatic N) is 2. The van der Waals surface area contributed by atoms with Crippen molar-refractivity contribution < 1.29 is 14.5 Å². The molecular formula is C17H19N3O4. The molecule has 0 radical (unpaired) electrons. The van der Waals surface area contributed by atoms with Crippen molar-refractivity contribution in [2.45, 2.75) is 6.92 Å². The van der Waals surface area contributed by atoms with Crippen LogP contribution in [0.5, 0.6) is 5.75 Å². The third-order valence-electron chi connectivity index (χ3n) is 3.51. The highest BCUT2D eigenvalue weighted by atomic mass is 16.6. The number of hydrogen-bond donors (Lipinski definition) is 1. The predicted octanol–water partition coefficient (Wildman–Crippen LogP) is 3.07. The van der Waals surface area contributed by atoms with Gasteiger partial charge in [0.2, 0.25) is 5.91 Å². The molecule has 1 N–H and O–H groups in total. The van der Waals surface area contributed by atoms with E-state index in [-0.39, 0.29) is 18.1 Å². The highest BCUT2D eigenvalue weighted by Gasteiger charge is 2.19. The molecule has 0 aliphatic rings. The summed E-state index contributed by atoms with van der Waals surface area (Å²) in [7, 11) is 1.57. The third kappa shape index (κ3) is 4.22. The first kappa shape index (κ1) is 17.3. The van der Waals surface area contributed by atoms with E-state index in [1.54, 1.807) is 54.5 Å². The Bertz CT molecular complexity index is 716. The molecule has 7 nitrogen and oxygen atoms in total. The quantitative estimate of drug-likeness (QED) is 0.623. The predicted molar refractivity (Wildman–Crippen MR) is 92.6 cm³/mol. The molecule has 0 fully saturated rings. The highest BCUT2D eigenvalue weighted by Crippen LogP contribution is 2.27. The van der Waals surface area contributed by atoms with Crippen molar-refractivity contribution in [1.82, 2.24) is 0 Å². The Morgan fingerprint density at radius 1 is 1.21 bits per heavy atom. The van der Waals surface area contributed by atoms with Gasteiger partial charge < -0.3 is 15.0 Å². The summed E-state index contributed by atoms with van der Waals surface area (Å²) in [5.41, 5.74) is 1.05. The number of carbonyl (C=O) groups excluding carboxylic acids is 1. The minimum atomic E-state index is -0.445. The fourth-order valence-electron chi connectivity index (χ4n) is 2.30. The third-order valence-corrected chi connectivity index (χ3v) is 3.51. The molecule has 0 unspecified atom stereocenters. The first-order valence-electron chi connectivity index (χ1n) is 7.47. The van der Waals surface area contributed by atoms with Gasteiger partial charge in [-0.3, -0.25) is 14.9 Å². The zero-order chi connectivity index (χ0) is 17.5. The summed E-state index contributed by atoms with van der Waals surface area (Å²) < 4.78 is 5.06. The molecule has 0 saturated carbocycles. The van der Waals surface area contributed by atoms with Crippen LogP contribution in [0.2, 0.25) is 0 Å². The number of para-hydroxylation sites is 2. The van der Waals surface area contributed by atoms with E-state index in [0.29, 0.717) is 23.7 Å². The van der Waals surface area contributed by atoms with Crippen LogP contribution in [0, 0.1) is 10.1 Å². The van der Waals surface area contributed by atoms with Crippen LogP contribution in [0.3, 0.4) is 0 Å². The molecular weight excluding hydrogens is 310 g/mol. The number of hydrogen-bond acceptors (Lipinski definition) is 5. The van der Waals surface area contributed by atoms with Gasteiger partial charge in [0.25, 0.3) is 5.69 Å². The second-order valence-electron chi connectivity index (χ2n) is 5.04. The van der Waals surface area contributed by atoms with Gasteiger partial charge in [0.15, 0.2) is 0 Å². The van der Waals surface area contributed by atoms with Crippen molar-refractivity contribution in [2.24, 2.45) is 0 Å². The van der Waals surface area contributed by atoms with E-state index in [9.17, 15) is 14.9 Å². The number of nitro benzene ring substituents is 1. The number of nitro groups is 1. The lowest BCUT2D eigenvalue weighted by Crippen LogP contribution is -2.33. The zero-order valence-corrected chi connectivity index (χ0v) is 13.6. The van der Waals surface area contributed by atoms with Gasteiger partial charge in [0.1, 0.15) is 11.4 Å². The number of likely N-dealkylation sites (N-methyl/N-ethyl adjacent to an activating group) is 1. The van der Waals surface area contributed by atoms with Gasteiger partial charge in [-0.2, -0.15) is 0 Å². The van der Waals surface area contributed by atoms with E-state index < -0.39 is 4.92 Å². The van der Waals surface area contributed by atoms with Crippen molar-refractivity contribution in [3.8, 4) is 5.75 Å². The van der Waals surface area contributed by atoms with Crippen LogP contribution < -0.4 is 15.0 Å². The number of methoxy groups -OCH3 is 1. The van der Waals surface area contributed by atoms with Crippen LogP contribution in [-0.2, 0) is 4.79 Å². The second-order valence-corrected chi connectivity index (χ2v) is 5.04. The van der Waals surface area contributed by atoms with Gasteiger partial charge in [-0.1, -0.05) is 12.1 Å². The number of anilines is 2. The largest absolute Gasteiger partial charge is 0.497 e. The minimum Gasteiger partial charge on any atom is -0.497 e. The molecule has 2 aromatic rings. The summed E-state index contributed by atoms with van der Waals surface area (Å²) in [6.07, 6.45) is 0. The molecule has 0 aliphatic carbocycles. The molecule has 0 atom stereocenters. The molecule has 1 amide bonds. The Hall–Kier alpha value is -3.09. The lowest BCUT2D eigenvalue weighted by Gasteiger charge is -2.22. The van der Waals surface area contributed by atoms with E-state index in [1.807, 2.05) is 6.92 Å². The van der Waals surface area contributed by atoms with Gasteiger partial charge in [-0.25, -0.2) is 0 Å². The molecule has 2 rings (SSSR count). The lowest BCUT2D eigenvalue weighted by atomic mass is 10.2. The van der Waals surface area contributed by atoms with Crippen LogP contribution in [-0.4, -0.2) is 31.0 Å². The van der Waals surface area contributed by atoms with Crippen LogP contribution in [0.25, 0.3) is 0 Å². The Kier molecular flexibility index (Phi) is 5.73.